The van der Waals surface area contributed by atoms with Crippen LogP contribution in [0.1, 0.15) is 11.1 Å². The van der Waals surface area contributed by atoms with Gasteiger partial charge < -0.3 is 9.80 Å². The quantitative estimate of drug-likeness (QED) is 0.768. The van der Waals surface area contributed by atoms with E-state index in [1.807, 2.05) is 42.3 Å². The Labute approximate surface area is 165 Å². The number of benzene rings is 2. The zero-order valence-corrected chi connectivity index (χ0v) is 16.2. The molecule has 1 saturated heterocycles. The molecular weight excluding hydrogens is 357 g/mol. The summed E-state index contributed by atoms with van der Waals surface area (Å²) < 4.78 is 13.0. The SMILES string of the molecule is CN(Cc1ccccc1)C(=O)CN1CCN(C(=O)Cc2ccc(F)cc2)CC1. The normalized spacial score (nSPS) is 14.7. The summed E-state index contributed by atoms with van der Waals surface area (Å²) >= 11 is 0. The van der Waals surface area contributed by atoms with Crippen LogP contribution in [0.25, 0.3) is 0 Å². The minimum atomic E-state index is -0.299. The first kappa shape index (κ1) is 20.0. The molecule has 0 aliphatic carbocycles. The first-order valence-corrected chi connectivity index (χ1v) is 9.54. The van der Waals surface area contributed by atoms with Gasteiger partial charge in [0.1, 0.15) is 5.82 Å². The minimum Gasteiger partial charge on any atom is -0.340 e. The van der Waals surface area contributed by atoms with Crippen molar-refractivity contribution in [3.8, 4) is 0 Å². The van der Waals surface area contributed by atoms with Gasteiger partial charge in [-0.2, -0.15) is 0 Å². The van der Waals surface area contributed by atoms with E-state index in [2.05, 4.69) is 4.90 Å². The number of piperazine rings is 1. The molecule has 2 aromatic rings. The molecule has 1 heterocycles. The largest absolute Gasteiger partial charge is 0.340 e. The molecule has 6 heteroatoms. The summed E-state index contributed by atoms with van der Waals surface area (Å²) in [5.41, 5.74) is 1.92. The number of carbonyl (C=O) groups excluding carboxylic acids is 2. The Hall–Kier alpha value is -2.73. The molecule has 5 nitrogen and oxygen atoms in total. The monoisotopic (exact) mass is 383 g/mol. The summed E-state index contributed by atoms with van der Waals surface area (Å²) in [7, 11) is 1.82. The van der Waals surface area contributed by atoms with Crippen molar-refractivity contribution in [2.24, 2.45) is 0 Å². The number of amides is 2. The van der Waals surface area contributed by atoms with Crippen molar-refractivity contribution in [1.82, 2.24) is 14.7 Å². The van der Waals surface area contributed by atoms with Crippen LogP contribution < -0.4 is 0 Å². The number of hydrogen-bond acceptors (Lipinski definition) is 3. The molecule has 1 fully saturated rings. The Morgan fingerprint density at radius 2 is 1.57 bits per heavy atom. The van der Waals surface area contributed by atoms with Gasteiger partial charge in [-0.25, -0.2) is 4.39 Å². The standard InChI is InChI=1S/C22H26FN3O2/c1-24(16-19-5-3-2-4-6-19)22(28)17-25-11-13-26(14-12-25)21(27)15-18-7-9-20(23)10-8-18/h2-10H,11-17H2,1H3. The van der Waals surface area contributed by atoms with Crippen LogP contribution in [0.4, 0.5) is 4.39 Å². The lowest BCUT2D eigenvalue weighted by molar-refractivity contribution is -0.134. The van der Waals surface area contributed by atoms with Crippen LogP contribution in [0, 0.1) is 5.82 Å². The topological polar surface area (TPSA) is 43.9 Å². The molecular formula is C22H26FN3O2. The van der Waals surface area contributed by atoms with E-state index < -0.39 is 0 Å². The second-order valence-corrected chi connectivity index (χ2v) is 7.20. The van der Waals surface area contributed by atoms with E-state index in [4.69, 9.17) is 0 Å². The molecule has 148 valence electrons. The molecule has 0 N–H and O–H groups in total. The first-order chi connectivity index (χ1) is 13.5. The van der Waals surface area contributed by atoms with E-state index in [1.54, 1.807) is 17.0 Å². The van der Waals surface area contributed by atoms with E-state index >= 15 is 0 Å². The molecule has 0 radical (unpaired) electrons. The summed E-state index contributed by atoms with van der Waals surface area (Å²) in [5, 5.41) is 0. The summed E-state index contributed by atoms with van der Waals surface area (Å²) in [4.78, 5) is 30.5. The molecule has 28 heavy (non-hydrogen) atoms. The van der Waals surface area contributed by atoms with Crippen molar-refractivity contribution in [1.29, 1.82) is 0 Å². The molecule has 0 atom stereocenters. The lowest BCUT2D eigenvalue weighted by atomic mass is 10.1. The van der Waals surface area contributed by atoms with E-state index in [1.165, 1.54) is 12.1 Å². The number of nitrogens with zero attached hydrogens (tertiary/aromatic N) is 3. The molecule has 1 aliphatic heterocycles. The smallest absolute Gasteiger partial charge is 0.236 e. The molecule has 0 aromatic heterocycles. The van der Waals surface area contributed by atoms with Gasteiger partial charge in [0, 0.05) is 39.8 Å². The van der Waals surface area contributed by atoms with Crippen molar-refractivity contribution in [2.45, 2.75) is 13.0 Å². The highest BCUT2D eigenvalue weighted by molar-refractivity contribution is 5.79. The molecule has 1 aliphatic rings. The van der Waals surface area contributed by atoms with Crippen LogP contribution in [0.5, 0.6) is 0 Å². The molecule has 0 spiro atoms. The predicted molar refractivity (Wildman–Crippen MR) is 106 cm³/mol. The Balaban J connectivity index is 1.42. The van der Waals surface area contributed by atoms with Gasteiger partial charge in [0.05, 0.1) is 13.0 Å². The number of halogens is 1. The average molecular weight is 383 g/mol. The Morgan fingerprint density at radius 3 is 2.21 bits per heavy atom. The third-order valence-corrected chi connectivity index (χ3v) is 5.04. The molecule has 2 aromatic carbocycles. The lowest BCUT2D eigenvalue weighted by Crippen LogP contribution is -2.51. The first-order valence-electron chi connectivity index (χ1n) is 9.54. The fraction of sp³-hybridized carbons (Fsp3) is 0.364. The highest BCUT2D eigenvalue weighted by atomic mass is 19.1. The molecule has 3 rings (SSSR count). The molecule has 0 unspecified atom stereocenters. The van der Waals surface area contributed by atoms with Crippen LogP contribution >= 0.6 is 0 Å². The maximum Gasteiger partial charge on any atom is 0.236 e. The van der Waals surface area contributed by atoms with E-state index in [-0.39, 0.29) is 24.1 Å². The van der Waals surface area contributed by atoms with Crippen LogP contribution in [0.2, 0.25) is 0 Å². The summed E-state index contributed by atoms with van der Waals surface area (Å²) in [6.07, 6.45) is 0.277. The average Bonchev–Trinajstić information content (AvgIpc) is 2.71. The van der Waals surface area contributed by atoms with Gasteiger partial charge in [-0.05, 0) is 23.3 Å². The van der Waals surface area contributed by atoms with E-state index in [0.717, 1.165) is 11.1 Å². The van der Waals surface area contributed by atoms with Crippen LogP contribution in [0.15, 0.2) is 54.6 Å². The zero-order valence-electron chi connectivity index (χ0n) is 16.2. The van der Waals surface area contributed by atoms with Gasteiger partial charge in [0.2, 0.25) is 11.8 Å². The Bertz CT molecular complexity index is 787. The van der Waals surface area contributed by atoms with Crippen molar-refractivity contribution in [2.75, 3.05) is 39.8 Å². The third kappa shape index (κ3) is 5.63. The van der Waals surface area contributed by atoms with Gasteiger partial charge in [0.25, 0.3) is 0 Å². The summed E-state index contributed by atoms with van der Waals surface area (Å²) in [6.45, 7) is 3.53. The summed E-state index contributed by atoms with van der Waals surface area (Å²) in [5.74, 6) is -0.180. The minimum absolute atomic E-state index is 0.0405. The van der Waals surface area contributed by atoms with Crippen LogP contribution in [-0.4, -0.2) is 66.3 Å². The van der Waals surface area contributed by atoms with E-state index in [0.29, 0.717) is 39.3 Å². The van der Waals surface area contributed by atoms with Gasteiger partial charge in [0.15, 0.2) is 0 Å². The fourth-order valence-electron chi connectivity index (χ4n) is 3.30. The van der Waals surface area contributed by atoms with Crippen molar-refractivity contribution < 1.29 is 14.0 Å². The zero-order chi connectivity index (χ0) is 19.9. The summed E-state index contributed by atoms with van der Waals surface area (Å²) in [6, 6.07) is 15.9. The van der Waals surface area contributed by atoms with Crippen molar-refractivity contribution in [3.63, 3.8) is 0 Å². The van der Waals surface area contributed by atoms with Gasteiger partial charge in [-0.3, -0.25) is 14.5 Å². The van der Waals surface area contributed by atoms with Gasteiger partial charge >= 0.3 is 0 Å². The van der Waals surface area contributed by atoms with Crippen LogP contribution in [0.3, 0.4) is 0 Å². The highest BCUT2D eigenvalue weighted by Gasteiger charge is 2.23. The fourth-order valence-corrected chi connectivity index (χ4v) is 3.30. The highest BCUT2D eigenvalue weighted by Crippen LogP contribution is 2.09. The second kappa shape index (κ2) is 9.46. The lowest BCUT2D eigenvalue weighted by Gasteiger charge is -2.35. The number of likely N-dealkylation sites (N-methyl/N-ethyl adjacent to an activating group) is 1. The predicted octanol–water partition coefficient (Wildman–Crippen LogP) is 2.17. The number of carbonyl (C=O) groups is 2. The maximum atomic E-state index is 13.0. The van der Waals surface area contributed by atoms with Crippen molar-refractivity contribution >= 4 is 11.8 Å². The molecule has 0 saturated carbocycles. The van der Waals surface area contributed by atoms with Crippen molar-refractivity contribution in [3.05, 3.63) is 71.5 Å². The Morgan fingerprint density at radius 1 is 0.929 bits per heavy atom. The van der Waals surface area contributed by atoms with Crippen LogP contribution in [-0.2, 0) is 22.6 Å². The molecule has 0 bridgehead atoms. The van der Waals surface area contributed by atoms with Gasteiger partial charge in [-0.15, -0.1) is 0 Å². The number of hydrogen-bond donors (Lipinski definition) is 0. The van der Waals surface area contributed by atoms with E-state index in [9.17, 15) is 14.0 Å². The van der Waals surface area contributed by atoms with Gasteiger partial charge in [-0.1, -0.05) is 42.5 Å². The third-order valence-electron chi connectivity index (χ3n) is 5.04. The molecule has 2 amide bonds. The Kier molecular flexibility index (Phi) is 6.76. The maximum absolute atomic E-state index is 13.0. The number of rotatable bonds is 6. The second-order valence-electron chi connectivity index (χ2n) is 7.20.